The number of carboxylic acid groups (broad SMARTS) is 3. The van der Waals surface area contributed by atoms with Gasteiger partial charge in [-0.1, -0.05) is 11.8 Å². The van der Waals surface area contributed by atoms with Gasteiger partial charge in [-0.15, -0.1) is 16.9 Å². The molecule has 4 heterocycles. The Hall–Kier alpha value is -3.44. The molecule has 2 aliphatic heterocycles. The topological polar surface area (TPSA) is 205 Å². The van der Waals surface area contributed by atoms with Crippen LogP contribution in [0.25, 0.3) is 0 Å². The quantitative estimate of drug-likeness (QED) is 0.171. The summed E-state index contributed by atoms with van der Waals surface area (Å²) < 4.78 is 1.06. The molecule has 1 saturated heterocycles. The lowest BCUT2D eigenvalue weighted by atomic mass is 9.98. The lowest BCUT2D eigenvalue weighted by Crippen LogP contribution is -2.71. The summed E-state index contributed by atoms with van der Waals surface area (Å²) in [5.41, 5.74) is 0.450. The van der Waals surface area contributed by atoms with Crippen LogP contribution in [0, 0.1) is 0 Å². The van der Waals surface area contributed by atoms with Gasteiger partial charge in [0.2, 0.25) is 11.1 Å². The zero-order chi connectivity index (χ0) is 25.3. The Morgan fingerprint density at radius 3 is 2.66 bits per heavy atom. The van der Waals surface area contributed by atoms with Crippen LogP contribution in [0.2, 0.25) is 0 Å². The van der Waals surface area contributed by atoms with Crippen molar-refractivity contribution in [2.45, 2.75) is 29.0 Å². The number of carbonyl (C=O) groups is 5. The maximum Gasteiger partial charge on any atom is 0.352 e. The van der Waals surface area contributed by atoms with Crippen molar-refractivity contribution in [1.82, 2.24) is 30.4 Å². The van der Waals surface area contributed by atoms with E-state index in [1.807, 2.05) is 0 Å². The molecule has 0 bridgehead atoms. The minimum Gasteiger partial charge on any atom is -0.480 e. The van der Waals surface area contributed by atoms with E-state index in [1.165, 1.54) is 34.5 Å². The smallest absolute Gasteiger partial charge is 0.352 e. The van der Waals surface area contributed by atoms with Gasteiger partial charge in [-0.2, -0.15) is 11.3 Å². The van der Waals surface area contributed by atoms with Gasteiger partial charge < -0.3 is 20.6 Å². The summed E-state index contributed by atoms with van der Waals surface area (Å²) in [6.07, 6.45) is 0. The van der Waals surface area contributed by atoms with E-state index in [-0.39, 0.29) is 27.9 Å². The van der Waals surface area contributed by atoms with Crippen molar-refractivity contribution in [3.63, 3.8) is 0 Å². The van der Waals surface area contributed by atoms with Gasteiger partial charge in [0.1, 0.15) is 23.7 Å². The Bertz CT molecular complexity index is 1230. The van der Waals surface area contributed by atoms with Gasteiger partial charge in [-0.05, 0) is 38.4 Å². The number of fused-ring (bicyclic) bond motifs is 1. The van der Waals surface area contributed by atoms with Crippen LogP contribution in [0.5, 0.6) is 0 Å². The summed E-state index contributed by atoms with van der Waals surface area (Å²) >= 11 is 3.48. The zero-order valence-electron chi connectivity index (χ0n) is 17.4. The number of aromatic nitrogens is 4. The average molecular weight is 541 g/mol. The Labute approximate surface area is 208 Å². The summed E-state index contributed by atoms with van der Waals surface area (Å²) in [4.78, 5) is 61.1. The highest BCUT2D eigenvalue weighted by Crippen LogP contribution is 2.41. The lowest BCUT2D eigenvalue weighted by Gasteiger charge is -2.49. The third kappa shape index (κ3) is 4.87. The molecule has 14 nitrogen and oxygen atoms in total. The highest BCUT2D eigenvalue weighted by Gasteiger charge is 2.54. The number of nitrogens with one attached hydrogen (secondary N) is 1. The predicted molar refractivity (Wildman–Crippen MR) is 121 cm³/mol. The number of thiophene rings is 1. The van der Waals surface area contributed by atoms with Crippen molar-refractivity contribution in [3.8, 4) is 0 Å². The van der Waals surface area contributed by atoms with Crippen molar-refractivity contribution < 1.29 is 39.3 Å². The second-order valence-corrected chi connectivity index (χ2v) is 10.1. The molecule has 184 valence electrons. The summed E-state index contributed by atoms with van der Waals surface area (Å²) in [6, 6.07) is 0.439. The van der Waals surface area contributed by atoms with Crippen LogP contribution in [0.3, 0.4) is 0 Å². The molecule has 0 radical (unpaired) electrons. The molecule has 2 unspecified atom stereocenters. The summed E-state index contributed by atoms with van der Waals surface area (Å²) in [7, 11) is 0. The van der Waals surface area contributed by atoms with Crippen molar-refractivity contribution >= 4 is 64.6 Å². The first-order valence-electron chi connectivity index (χ1n) is 9.75. The van der Waals surface area contributed by atoms with Crippen molar-refractivity contribution in [2.75, 3.05) is 11.5 Å². The van der Waals surface area contributed by atoms with E-state index < -0.39 is 53.6 Å². The normalized spacial score (nSPS) is 20.1. The number of tetrazole rings is 1. The molecule has 4 rings (SSSR count). The van der Waals surface area contributed by atoms with Crippen LogP contribution < -0.4 is 5.32 Å². The van der Waals surface area contributed by atoms with Gasteiger partial charge in [0.15, 0.2) is 5.92 Å². The second kappa shape index (κ2) is 10.0. The minimum atomic E-state index is -1.49. The maximum atomic E-state index is 12.8. The average Bonchev–Trinajstić information content (AvgIpc) is 3.47. The van der Waals surface area contributed by atoms with Crippen molar-refractivity contribution in [2.24, 2.45) is 0 Å². The third-order valence-corrected chi connectivity index (χ3v) is 8.18. The molecule has 2 aliphatic rings. The number of carboxylic acids is 3. The van der Waals surface area contributed by atoms with E-state index in [1.54, 1.807) is 5.38 Å². The van der Waals surface area contributed by atoms with Gasteiger partial charge in [-0.3, -0.25) is 24.1 Å². The first-order valence-corrected chi connectivity index (χ1v) is 12.7. The Kier molecular flexibility index (Phi) is 7.08. The van der Waals surface area contributed by atoms with E-state index >= 15 is 0 Å². The molecular formula is C18H16N6O8S3. The fraction of sp³-hybridized carbons (Fsp3) is 0.333. The first kappa shape index (κ1) is 24.7. The minimum absolute atomic E-state index is 0.0847. The molecule has 35 heavy (non-hydrogen) atoms. The predicted octanol–water partition coefficient (Wildman–Crippen LogP) is -0.482. The molecule has 17 heteroatoms. The number of amides is 2. The Balaban J connectivity index is 1.48. The Morgan fingerprint density at radius 2 is 2.03 bits per heavy atom. The molecule has 2 aromatic heterocycles. The fourth-order valence-electron chi connectivity index (χ4n) is 3.56. The van der Waals surface area contributed by atoms with E-state index in [0.29, 0.717) is 5.57 Å². The van der Waals surface area contributed by atoms with E-state index in [2.05, 4.69) is 20.8 Å². The van der Waals surface area contributed by atoms with E-state index in [9.17, 15) is 34.2 Å². The van der Waals surface area contributed by atoms with Crippen molar-refractivity contribution in [1.29, 1.82) is 0 Å². The van der Waals surface area contributed by atoms with E-state index in [0.717, 1.165) is 21.3 Å². The molecule has 1 fully saturated rings. The lowest BCUT2D eigenvalue weighted by molar-refractivity contribution is -0.152. The maximum absolute atomic E-state index is 12.8. The number of hydrogen-bond donors (Lipinski definition) is 4. The standard InChI is InChI=1S/C18H16N6O8S3/c25-9(26)3-23-18(20-21-22-23)35-6-8-5-34-15-11(14(28)24(15)12(8)17(31)32)19-13(27)10(16(29)30)7-1-2-33-4-7/h1-2,4,10-11,15H,3,5-6H2,(H,19,27)(H,25,26)(H,29,30)(H,31,32)/t10?,11?,15-/m1/s1. The molecular weight excluding hydrogens is 524 g/mol. The van der Waals surface area contributed by atoms with Crippen LogP contribution >= 0.6 is 34.9 Å². The third-order valence-electron chi connectivity index (χ3n) is 5.09. The summed E-state index contributed by atoms with van der Waals surface area (Å²) in [5.74, 6) is -6.57. The van der Waals surface area contributed by atoms with Crippen LogP contribution in [0.1, 0.15) is 11.5 Å². The summed E-state index contributed by atoms with van der Waals surface area (Å²) in [5, 5.41) is 44.0. The Morgan fingerprint density at radius 1 is 1.26 bits per heavy atom. The second-order valence-electron chi connectivity index (χ2n) is 7.28. The number of carbonyl (C=O) groups excluding carboxylic acids is 2. The molecule has 2 amide bonds. The fourth-order valence-corrected chi connectivity index (χ4v) is 6.60. The molecule has 0 spiro atoms. The van der Waals surface area contributed by atoms with Gasteiger partial charge in [0.25, 0.3) is 5.91 Å². The molecule has 0 aromatic carbocycles. The highest BCUT2D eigenvalue weighted by atomic mass is 32.2. The van der Waals surface area contributed by atoms with Crippen LogP contribution in [-0.4, -0.2) is 93.1 Å². The SMILES string of the molecule is O=C(O)Cn1nnnc1SCC1=C(C(=O)O)N2C(=O)C(NC(=O)C(C(=O)O)c3ccsc3)[C@H]2SC1. The number of nitrogens with zero attached hydrogens (tertiary/aromatic N) is 5. The van der Waals surface area contributed by atoms with Crippen LogP contribution in [0.4, 0.5) is 0 Å². The number of hydrogen-bond acceptors (Lipinski definition) is 11. The first-order chi connectivity index (χ1) is 16.7. The largest absolute Gasteiger partial charge is 0.480 e. The van der Waals surface area contributed by atoms with Gasteiger partial charge in [-0.25, -0.2) is 9.48 Å². The molecule has 3 atom stereocenters. The van der Waals surface area contributed by atoms with Crippen LogP contribution in [0.15, 0.2) is 33.3 Å². The zero-order valence-corrected chi connectivity index (χ0v) is 19.9. The van der Waals surface area contributed by atoms with Gasteiger partial charge >= 0.3 is 17.9 Å². The van der Waals surface area contributed by atoms with Gasteiger partial charge in [0, 0.05) is 11.5 Å². The van der Waals surface area contributed by atoms with Crippen LogP contribution in [-0.2, 0) is 30.5 Å². The number of aliphatic carboxylic acids is 3. The monoisotopic (exact) mass is 540 g/mol. The number of thioether (sulfide) groups is 2. The molecule has 0 aliphatic carbocycles. The summed E-state index contributed by atoms with van der Waals surface area (Å²) in [6.45, 7) is -0.467. The molecule has 2 aromatic rings. The highest BCUT2D eigenvalue weighted by molar-refractivity contribution is 8.01. The number of rotatable bonds is 10. The van der Waals surface area contributed by atoms with E-state index in [4.69, 9.17) is 5.11 Å². The molecule has 0 saturated carbocycles. The van der Waals surface area contributed by atoms with Crippen molar-refractivity contribution in [3.05, 3.63) is 33.7 Å². The van der Waals surface area contributed by atoms with Gasteiger partial charge in [0.05, 0.1) is 0 Å². The molecule has 4 N–H and O–H groups in total. The number of β-lactam (4-membered cyclic amide) rings is 1.